The first kappa shape index (κ1) is 16.7. The molecule has 0 spiro atoms. The molecule has 1 aromatic carbocycles. The maximum absolute atomic E-state index is 12.5. The molecule has 1 rings (SSSR count). The van der Waals surface area contributed by atoms with Crippen molar-refractivity contribution in [3.8, 4) is 0 Å². The molecule has 0 heterocycles. The Morgan fingerprint density at radius 1 is 1.19 bits per heavy atom. The fraction of sp³-hybridized carbons (Fsp3) is 0.231. The molecule has 0 radical (unpaired) electrons. The van der Waals surface area contributed by atoms with Crippen LogP contribution in [0.5, 0.6) is 0 Å². The van der Waals surface area contributed by atoms with E-state index in [1.54, 1.807) is 30.3 Å². The van der Waals surface area contributed by atoms with E-state index in [9.17, 15) is 27.2 Å². The van der Waals surface area contributed by atoms with Crippen LogP contribution in [0.2, 0.25) is 0 Å². The summed E-state index contributed by atoms with van der Waals surface area (Å²) in [5.41, 5.74) is 0.463. The largest absolute Gasteiger partial charge is 0.456 e. The molecule has 0 aromatic heterocycles. The number of hydrogen-bond donors (Lipinski definition) is 1. The van der Waals surface area contributed by atoms with Crippen LogP contribution >= 0.6 is 0 Å². The zero-order chi connectivity index (χ0) is 15.9. The normalized spacial score (nSPS) is 11.7. The van der Waals surface area contributed by atoms with E-state index in [4.69, 9.17) is 0 Å². The maximum atomic E-state index is 12.5. The van der Waals surface area contributed by atoms with Gasteiger partial charge < -0.3 is 10.1 Å². The van der Waals surface area contributed by atoms with Crippen molar-refractivity contribution in [2.75, 3.05) is 11.9 Å². The van der Waals surface area contributed by atoms with E-state index >= 15 is 0 Å². The predicted octanol–water partition coefficient (Wildman–Crippen LogP) is 2.62. The zero-order valence-electron chi connectivity index (χ0n) is 10.6. The van der Waals surface area contributed by atoms with Crippen molar-refractivity contribution in [2.45, 2.75) is 12.3 Å². The number of amides is 1. The fourth-order valence-corrected chi connectivity index (χ4v) is 1.13. The highest BCUT2D eigenvalue weighted by molar-refractivity contribution is 6.02. The number of rotatable bonds is 6. The molecule has 8 heteroatoms. The standard InChI is InChI=1S/C13H11F4NO3/c14-12(15)13(16,17)8-21-11(20)7-6-10(19)18-9-4-2-1-3-5-9/h1-7,12H,8H2,(H,18,19)/b7-6+. The van der Waals surface area contributed by atoms with Gasteiger partial charge in [-0.25, -0.2) is 13.6 Å². The highest BCUT2D eigenvalue weighted by Crippen LogP contribution is 2.22. The first-order chi connectivity index (χ1) is 9.81. The zero-order valence-corrected chi connectivity index (χ0v) is 10.6. The van der Waals surface area contributed by atoms with Crippen molar-refractivity contribution in [3.63, 3.8) is 0 Å². The molecule has 0 fully saturated rings. The summed E-state index contributed by atoms with van der Waals surface area (Å²) in [5.74, 6) is -6.44. The summed E-state index contributed by atoms with van der Waals surface area (Å²) in [6.45, 7) is -1.76. The number of nitrogens with one attached hydrogen (secondary N) is 1. The summed E-state index contributed by atoms with van der Waals surface area (Å²) in [5, 5.41) is 2.39. The van der Waals surface area contributed by atoms with E-state index in [-0.39, 0.29) is 0 Å². The SMILES string of the molecule is O=C(/C=C/C(=O)OCC(F)(F)C(F)F)Nc1ccccc1. The summed E-state index contributed by atoms with van der Waals surface area (Å²) in [6.07, 6.45) is -2.62. The number of anilines is 1. The van der Waals surface area contributed by atoms with E-state index < -0.39 is 30.8 Å². The van der Waals surface area contributed by atoms with Crippen molar-refractivity contribution in [2.24, 2.45) is 0 Å². The topological polar surface area (TPSA) is 55.4 Å². The Kier molecular flexibility index (Phi) is 5.89. The summed E-state index contributed by atoms with van der Waals surface area (Å²) in [6, 6.07) is 8.24. The van der Waals surface area contributed by atoms with Crippen molar-refractivity contribution < 1.29 is 31.9 Å². The summed E-state index contributed by atoms with van der Waals surface area (Å²) >= 11 is 0. The molecule has 1 amide bonds. The number of halogens is 4. The van der Waals surface area contributed by atoms with Crippen LogP contribution in [-0.2, 0) is 14.3 Å². The third kappa shape index (κ3) is 6.07. The minimum atomic E-state index is -4.42. The molecule has 0 saturated carbocycles. The lowest BCUT2D eigenvalue weighted by atomic mass is 10.3. The molecule has 0 aliphatic heterocycles. The minimum absolute atomic E-state index is 0.463. The van der Waals surface area contributed by atoms with Crippen LogP contribution < -0.4 is 5.32 Å². The van der Waals surface area contributed by atoms with Gasteiger partial charge in [0.15, 0.2) is 6.61 Å². The van der Waals surface area contributed by atoms with E-state index in [0.717, 1.165) is 6.08 Å². The smallest absolute Gasteiger partial charge is 0.340 e. The number of ether oxygens (including phenoxy) is 1. The minimum Gasteiger partial charge on any atom is -0.456 e. The van der Waals surface area contributed by atoms with Crippen molar-refractivity contribution in [1.29, 1.82) is 0 Å². The Hall–Kier alpha value is -2.38. The van der Waals surface area contributed by atoms with Gasteiger partial charge in [0, 0.05) is 17.8 Å². The summed E-state index contributed by atoms with van der Waals surface area (Å²) in [7, 11) is 0. The van der Waals surface area contributed by atoms with Gasteiger partial charge in [0.2, 0.25) is 5.91 Å². The van der Waals surface area contributed by atoms with E-state index in [0.29, 0.717) is 11.8 Å². The second-order valence-electron chi connectivity index (χ2n) is 3.86. The highest BCUT2D eigenvalue weighted by atomic mass is 19.3. The highest BCUT2D eigenvalue weighted by Gasteiger charge is 2.42. The number of para-hydroxylation sites is 1. The van der Waals surface area contributed by atoms with Gasteiger partial charge in [-0.3, -0.25) is 4.79 Å². The number of alkyl halides is 4. The van der Waals surface area contributed by atoms with Crippen LogP contribution in [0.4, 0.5) is 23.2 Å². The number of hydrogen-bond acceptors (Lipinski definition) is 3. The Bertz CT molecular complexity index is 517. The van der Waals surface area contributed by atoms with E-state index in [1.807, 2.05) is 0 Å². The molecule has 1 aromatic rings. The molecule has 0 aliphatic rings. The van der Waals surface area contributed by atoms with Gasteiger partial charge in [-0.2, -0.15) is 8.78 Å². The van der Waals surface area contributed by atoms with Crippen LogP contribution in [-0.4, -0.2) is 30.8 Å². The average molecular weight is 305 g/mol. The molecule has 0 unspecified atom stereocenters. The predicted molar refractivity (Wildman–Crippen MR) is 66.1 cm³/mol. The summed E-state index contributed by atoms with van der Waals surface area (Å²) in [4.78, 5) is 22.4. The molecular weight excluding hydrogens is 294 g/mol. The van der Waals surface area contributed by atoms with Gasteiger partial charge in [-0.05, 0) is 12.1 Å². The van der Waals surface area contributed by atoms with Crippen molar-refractivity contribution >= 4 is 17.6 Å². The van der Waals surface area contributed by atoms with Gasteiger partial charge in [-0.1, -0.05) is 18.2 Å². The molecule has 0 aliphatic carbocycles. The lowest BCUT2D eigenvalue weighted by Crippen LogP contribution is -2.33. The van der Waals surface area contributed by atoms with Crippen LogP contribution in [0.15, 0.2) is 42.5 Å². The molecule has 114 valence electrons. The van der Waals surface area contributed by atoms with Crippen LogP contribution in [0.1, 0.15) is 0 Å². The number of carbonyl (C=O) groups is 2. The molecule has 1 N–H and O–H groups in total. The molecule has 21 heavy (non-hydrogen) atoms. The van der Waals surface area contributed by atoms with Crippen LogP contribution in [0.3, 0.4) is 0 Å². The molecular formula is C13H11F4NO3. The van der Waals surface area contributed by atoms with Gasteiger partial charge >= 0.3 is 18.3 Å². The second kappa shape index (κ2) is 7.41. The van der Waals surface area contributed by atoms with Gasteiger partial charge in [0.25, 0.3) is 0 Å². The third-order valence-electron chi connectivity index (χ3n) is 2.14. The maximum Gasteiger partial charge on any atom is 0.340 e. The first-order valence-corrected chi connectivity index (χ1v) is 5.68. The number of esters is 1. The summed E-state index contributed by atoms with van der Waals surface area (Å²) < 4.78 is 52.4. The molecule has 0 atom stereocenters. The fourth-order valence-electron chi connectivity index (χ4n) is 1.13. The van der Waals surface area contributed by atoms with Crippen LogP contribution in [0, 0.1) is 0 Å². The number of carbonyl (C=O) groups excluding carboxylic acids is 2. The Morgan fingerprint density at radius 2 is 1.81 bits per heavy atom. The molecule has 4 nitrogen and oxygen atoms in total. The first-order valence-electron chi connectivity index (χ1n) is 5.68. The number of benzene rings is 1. The average Bonchev–Trinajstić information content (AvgIpc) is 2.44. The third-order valence-corrected chi connectivity index (χ3v) is 2.14. The lowest BCUT2D eigenvalue weighted by Gasteiger charge is -2.13. The quantitative estimate of drug-likeness (QED) is 0.499. The second-order valence-corrected chi connectivity index (χ2v) is 3.86. The van der Waals surface area contributed by atoms with Crippen molar-refractivity contribution in [3.05, 3.63) is 42.5 Å². The Labute approximate surface area is 117 Å². The lowest BCUT2D eigenvalue weighted by molar-refractivity contribution is -0.176. The van der Waals surface area contributed by atoms with Crippen molar-refractivity contribution in [1.82, 2.24) is 0 Å². The van der Waals surface area contributed by atoms with Gasteiger partial charge in [0.05, 0.1) is 0 Å². The molecule has 0 saturated heterocycles. The monoisotopic (exact) mass is 305 g/mol. The Balaban J connectivity index is 2.42. The Morgan fingerprint density at radius 3 is 2.38 bits per heavy atom. The van der Waals surface area contributed by atoms with Gasteiger partial charge in [0.1, 0.15) is 0 Å². The van der Waals surface area contributed by atoms with Crippen LogP contribution in [0.25, 0.3) is 0 Å². The van der Waals surface area contributed by atoms with E-state index in [1.165, 1.54) is 0 Å². The van der Waals surface area contributed by atoms with Gasteiger partial charge in [-0.15, -0.1) is 0 Å². The molecule has 0 bridgehead atoms. The van der Waals surface area contributed by atoms with E-state index in [2.05, 4.69) is 10.1 Å².